The van der Waals surface area contributed by atoms with Crippen molar-refractivity contribution in [3.63, 3.8) is 0 Å². The van der Waals surface area contributed by atoms with Gasteiger partial charge in [-0.2, -0.15) is 0 Å². The second-order valence-electron chi connectivity index (χ2n) is 7.89. The highest BCUT2D eigenvalue weighted by Gasteiger charge is 2.25. The predicted octanol–water partition coefficient (Wildman–Crippen LogP) is 2.53. The number of hydrogen-bond acceptors (Lipinski definition) is 5. The van der Waals surface area contributed by atoms with E-state index in [4.69, 9.17) is 5.73 Å². The molecule has 0 spiro atoms. The maximum absolute atomic E-state index is 13.0. The van der Waals surface area contributed by atoms with Gasteiger partial charge in [0.2, 0.25) is 0 Å². The van der Waals surface area contributed by atoms with Crippen molar-refractivity contribution in [2.24, 2.45) is 5.73 Å². The molecule has 1 aliphatic heterocycles. The first kappa shape index (κ1) is 19.9. The number of rotatable bonds is 5. The number of carbonyl (C=O) groups excluding carboxylic acids is 2. The highest BCUT2D eigenvalue weighted by Crippen LogP contribution is 2.24. The fourth-order valence-electron chi connectivity index (χ4n) is 4.12. The van der Waals surface area contributed by atoms with Crippen LogP contribution in [0.15, 0.2) is 42.5 Å². The van der Waals surface area contributed by atoms with Crippen LogP contribution in [0.3, 0.4) is 0 Å². The number of hydrogen-bond donors (Lipinski definition) is 2. The van der Waals surface area contributed by atoms with Gasteiger partial charge in [-0.15, -0.1) is 10.2 Å². The molecule has 2 aromatic heterocycles. The van der Waals surface area contributed by atoms with Crippen LogP contribution < -0.4 is 5.73 Å². The second-order valence-corrected chi connectivity index (χ2v) is 7.89. The number of amides is 2. The molecule has 0 saturated heterocycles. The van der Waals surface area contributed by atoms with Gasteiger partial charge in [-0.25, -0.2) is 4.98 Å². The molecule has 3 heterocycles. The van der Waals surface area contributed by atoms with E-state index in [2.05, 4.69) is 31.7 Å². The minimum atomic E-state index is -0.520. The van der Waals surface area contributed by atoms with Gasteiger partial charge in [0.1, 0.15) is 17.2 Å². The summed E-state index contributed by atoms with van der Waals surface area (Å²) in [5, 5.41) is 8.54. The Kier molecular flexibility index (Phi) is 4.93. The van der Waals surface area contributed by atoms with Crippen LogP contribution >= 0.6 is 0 Å². The van der Waals surface area contributed by atoms with Crippen molar-refractivity contribution < 1.29 is 9.59 Å². The lowest BCUT2D eigenvalue weighted by atomic mass is 10.1. The van der Waals surface area contributed by atoms with Crippen molar-refractivity contribution in [1.29, 1.82) is 0 Å². The number of aromatic nitrogens is 5. The lowest BCUT2D eigenvalue weighted by molar-refractivity contribution is 0.0706. The molecule has 4 aromatic rings. The molecule has 0 radical (unpaired) electrons. The normalized spacial score (nSPS) is 13.3. The third-order valence-corrected chi connectivity index (χ3v) is 5.77. The zero-order valence-corrected chi connectivity index (χ0v) is 17.7. The van der Waals surface area contributed by atoms with Crippen LogP contribution in [0.1, 0.15) is 45.7 Å². The molecule has 9 nitrogen and oxygen atoms in total. The van der Waals surface area contributed by atoms with E-state index < -0.39 is 5.91 Å². The number of nitrogens with one attached hydrogen (secondary N) is 1. The largest absolute Gasteiger partial charge is 0.366 e. The highest BCUT2D eigenvalue weighted by molar-refractivity contribution is 6.04. The molecular weight excluding hydrogens is 406 g/mol. The number of imidazole rings is 1. The third-order valence-electron chi connectivity index (χ3n) is 5.77. The maximum Gasteiger partial charge on any atom is 0.254 e. The molecule has 32 heavy (non-hydrogen) atoms. The molecule has 0 fully saturated rings. The molecule has 5 rings (SSSR count). The van der Waals surface area contributed by atoms with Crippen molar-refractivity contribution in [3.05, 3.63) is 65.2 Å². The van der Waals surface area contributed by atoms with Crippen molar-refractivity contribution in [2.45, 2.75) is 32.9 Å². The number of fused-ring (bicyclic) bond motifs is 2. The van der Waals surface area contributed by atoms with Crippen LogP contribution in [0.5, 0.6) is 0 Å². The van der Waals surface area contributed by atoms with Gasteiger partial charge < -0.3 is 20.2 Å². The van der Waals surface area contributed by atoms with Crippen LogP contribution in [0.25, 0.3) is 22.4 Å². The zero-order chi connectivity index (χ0) is 22.2. The Morgan fingerprint density at radius 3 is 2.66 bits per heavy atom. The van der Waals surface area contributed by atoms with Crippen molar-refractivity contribution >= 4 is 22.8 Å². The maximum atomic E-state index is 13.0. The van der Waals surface area contributed by atoms with Gasteiger partial charge in [-0.1, -0.05) is 25.1 Å². The van der Waals surface area contributed by atoms with Gasteiger partial charge in [-0.05, 0) is 30.7 Å². The summed E-state index contributed by atoms with van der Waals surface area (Å²) >= 11 is 0. The lowest BCUT2D eigenvalue weighted by Gasteiger charge is -2.28. The SMILES string of the molecule is CCCc1nnc2n1CCN(C(=O)c1ccc(-c3nc4c(C(N)=O)cccc4[nH]3)cc1)C2. The Bertz CT molecular complexity index is 1320. The molecule has 2 aromatic carbocycles. The summed E-state index contributed by atoms with van der Waals surface area (Å²) in [6, 6.07) is 12.5. The Balaban J connectivity index is 1.36. The number of benzene rings is 2. The minimum Gasteiger partial charge on any atom is -0.366 e. The minimum absolute atomic E-state index is 0.0385. The smallest absolute Gasteiger partial charge is 0.254 e. The molecule has 2 amide bonds. The number of primary amides is 1. The van der Waals surface area contributed by atoms with E-state index in [0.717, 1.165) is 35.6 Å². The molecule has 162 valence electrons. The van der Waals surface area contributed by atoms with E-state index in [1.54, 1.807) is 29.2 Å². The quantitative estimate of drug-likeness (QED) is 0.505. The van der Waals surface area contributed by atoms with E-state index in [9.17, 15) is 9.59 Å². The summed E-state index contributed by atoms with van der Waals surface area (Å²) in [6.07, 6.45) is 1.91. The molecule has 1 aliphatic rings. The Hall–Kier alpha value is -4.01. The number of H-pyrrole nitrogens is 1. The van der Waals surface area contributed by atoms with Crippen LogP contribution in [0.2, 0.25) is 0 Å². The first-order chi connectivity index (χ1) is 15.5. The van der Waals surface area contributed by atoms with Crippen molar-refractivity contribution in [3.8, 4) is 11.4 Å². The Morgan fingerprint density at radius 1 is 1.09 bits per heavy atom. The summed E-state index contributed by atoms with van der Waals surface area (Å²) in [4.78, 5) is 34.3. The number of nitrogens with two attached hydrogens (primary N) is 1. The van der Waals surface area contributed by atoms with Crippen molar-refractivity contribution in [2.75, 3.05) is 6.54 Å². The van der Waals surface area contributed by atoms with Crippen LogP contribution in [-0.2, 0) is 19.5 Å². The van der Waals surface area contributed by atoms with Gasteiger partial charge in [0.05, 0.1) is 17.6 Å². The zero-order valence-electron chi connectivity index (χ0n) is 17.7. The van der Waals surface area contributed by atoms with Gasteiger partial charge >= 0.3 is 0 Å². The van der Waals surface area contributed by atoms with Crippen LogP contribution in [0, 0.1) is 0 Å². The average molecular weight is 429 g/mol. The molecule has 9 heteroatoms. The molecule has 0 bridgehead atoms. The van der Waals surface area contributed by atoms with Gasteiger partial charge in [0.15, 0.2) is 5.82 Å². The second kappa shape index (κ2) is 7.92. The third kappa shape index (κ3) is 3.41. The summed E-state index contributed by atoms with van der Waals surface area (Å²) in [7, 11) is 0. The highest BCUT2D eigenvalue weighted by atomic mass is 16.2. The van der Waals surface area contributed by atoms with Crippen molar-refractivity contribution in [1.82, 2.24) is 29.6 Å². The van der Waals surface area contributed by atoms with Gasteiger partial charge in [0.25, 0.3) is 11.8 Å². The van der Waals surface area contributed by atoms with E-state index in [1.165, 1.54) is 0 Å². The molecular formula is C23H23N7O2. The fourth-order valence-corrected chi connectivity index (χ4v) is 4.12. The van der Waals surface area contributed by atoms with E-state index in [-0.39, 0.29) is 5.91 Å². The predicted molar refractivity (Wildman–Crippen MR) is 119 cm³/mol. The average Bonchev–Trinajstić information content (AvgIpc) is 3.42. The first-order valence-electron chi connectivity index (χ1n) is 10.6. The fraction of sp³-hybridized carbons (Fsp3) is 0.261. The number of para-hydroxylation sites is 1. The topological polar surface area (TPSA) is 123 Å². The summed E-state index contributed by atoms with van der Waals surface area (Å²) in [6.45, 7) is 3.91. The van der Waals surface area contributed by atoms with Gasteiger partial charge in [-0.3, -0.25) is 9.59 Å². The number of nitrogens with zero attached hydrogens (tertiary/aromatic N) is 5. The van der Waals surface area contributed by atoms with Gasteiger partial charge in [0, 0.05) is 30.6 Å². The van der Waals surface area contributed by atoms with E-state index in [1.807, 2.05) is 18.2 Å². The summed E-state index contributed by atoms with van der Waals surface area (Å²) in [5.41, 5.74) is 8.51. The van der Waals surface area contributed by atoms with Crippen LogP contribution in [-0.4, -0.2) is 48.0 Å². The lowest BCUT2D eigenvalue weighted by Crippen LogP contribution is -2.38. The molecule has 3 N–H and O–H groups in total. The molecule has 0 unspecified atom stereocenters. The van der Waals surface area contributed by atoms with Crippen LogP contribution in [0.4, 0.5) is 0 Å². The standard InChI is InChI=1S/C23H23N7O2/c1-2-4-18-27-28-19-13-29(11-12-30(18)19)23(32)15-9-7-14(8-10-15)22-25-17-6-3-5-16(21(24)31)20(17)26-22/h3,5-10H,2,4,11-13H2,1H3,(H2,24,31)(H,25,26). The first-order valence-corrected chi connectivity index (χ1v) is 10.6. The number of carbonyl (C=O) groups is 2. The molecule has 0 aliphatic carbocycles. The Morgan fingerprint density at radius 2 is 1.91 bits per heavy atom. The van der Waals surface area contributed by atoms with E-state index >= 15 is 0 Å². The molecule has 0 atom stereocenters. The monoisotopic (exact) mass is 429 g/mol. The summed E-state index contributed by atoms with van der Waals surface area (Å²) in [5.74, 6) is 1.88. The number of aromatic amines is 1. The number of aryl methyl sites for hydroxylation is 1. The Labute approximate surface area is 184 Å². The molecule has 0 saturated carbocycles. The van der Waals surface area contributed by atoms with E-state index in [0.29, 0.717) is 42.1 Å². The summed E-state index contributed by atoms with van der Waals surface area (Å²) < 4.78 is 2.12.